The Bertz CT molecular complexity index is 464. The lowest BCUT2D eigenvalue weighted by Crippen LogP contribution is -2.18. The Morgan fingerprint density at radius 1 is 1.56 bits per heavy atom. The lowest BCUT2D eigenvalue weighted by molar-refractivity contribution is -0.385. The van der Waals surface area contributed by atoms with E-state index >= 15 is 0 Å². The van der Waals surface area contributed by atoms with E-state index in [4.69, 9.17) is 5.73 Å². The van der Waals surface area contributed by atoms with Crippen molar-refractivity contribution < 1.29 is 22.9 Å². The average molecular weight is 235 g/mol. The number of alkyl halides is 2. The Kier molecular flexibility index (Phi) is 3.06. The highest BCUT2D eigenvalue weighted by atomic mass is 19.3. The zero-order valence-corrected chi connectivity index (χ0v) is 7.49. The first-order valence-electron chi connectivity index (χ1n) is 3.77. The third kappa shape index (κ3) is 2.07. The number of aromatic nitrogens is 1. The number of amides is 1. The standard InChI is InChI=1S/C7H4F3N3O3/c8-3-1-2(13(15)16)4(7(11)14)5(12-3)6(9)10/h1,6H,(H2,11,14). The predicted molar refractivity (Wildman–Crippen MR) is 44.3 cm³/mol. The van der Waals surface area contributed by atoms with Gasteiger partial charge in [-0.2, -0.15) is 4.39 Å². The van der Waals surface area contributed by atoms with Crippen LogP contribution < -0.4 is 5.73 Å². The summed E-state index contributed by atoms with van der Waals surface area (Å²) < 4.78 is 37.4. The first-order valence-corrected chi connectivity index (χ1v) is 3.77. The molecule has 0 atom stereocenters. The summed E-state index contributed by atoms with van der Waals surface area (Å²) in [5.41, 5.74) is 1.16. The molecule has 0 spiro atoms. The minimum Gasteiger partial charge on any atom is -0.365 e. The third-order valence-electron chi connectivity index (χ3n) is 1.65. The normalized spacial score (nSPS) is 10.5. The lowest BCUT2D eigenvalue weighted by Gasteiger charge is -2.05. The number of carbonyl (C=O) groups is 1. The maximum absolute atomic E-state index is 12.7. The summed E-state index contributed by atoms with van der Waals surface area (Å²) in [7, 11) is 0. The minimum atomic E-state index is -3.34. The second kappa shape index (κ2) is 4.13. The SMILES string of the molecule is NC(=O)c1c([N+](=O)[O-])cc(F)nc1C(F)F. The van der Waals surface area contributed by atoms with E-state index < -0.39 is 40.1 Å². The van der Waals surface area contributed by atoms with Gasteiger partial charge >= 0.3 is 0 Å². The average Bonchev–Trinajstić information content (AvgIpc) is 2.15. The van der Waals surface area contributed by atoms with Crippen molar-refractivity contribution in [2.75, 3.05) is 0 Å². The van der Waals surface area contributed by atoms with Crippen LogP contribution >= 0.6 is 0 Å². The highest BCUT2D eigenvalue weighted by Gasteiger charge is 2.29. The number of nitrogens with zero attached hydrogens (tertiary/aromatic N) is 2. The van der Waals surface area contributed by atoms with Gasteiger partial charge in [-0.1, -0.05) is 0 Å². The van der Waals surface area contributed by atoms with Gasteiger partial charge in [0.15, 0.2) is 0 Å². The van der Waals surface area contributed by atoms with Crippen LogP contribution in [0.5, 0.6) is 0 Å². The fourth-order valence-electron chi connectivity index (χ4n) is 1.07. The Balaban J connectivity index is 3.60. The van der Waals surface area contributed by atoms with Crippen LogP contribution in [0.4, 0.5) is 18.9 Å². The molecular weight excluding hydrogens is 231 g/mol. The van der Waals surface area contributed by atoms with Crippen molar-refractivity contribution in [2.24, 2.45) is 5.73 Å². The van der Waals surface area contributed by atoms with Crippen molar-refractivity contribution in [1.29, 1.82) is 0 Å². The number of hydrogen-bond acceptors (Lipinski definition) is 4. The number of carbonyl (C=O) groups excluding carboxylic acids is 1. The molecule has 0 unspecified atom stereocenters. The van der Waals surface area contributed by atoms with Crippen molar-refractivity contribution in [1.82, 2.24) is 4.98 Å². The predicted octanol–water partition coefficient (Wildman–Crippen LogP) is 1.17. The molecule has 0 radical (unpaired) electrons. The molecule has 0 saturated carbocycles. The summed E-state index contributed by atoms with van der Waals surface area (Å²) in [6.07, 6.45) is -3.34. The highest BCUT2D eigenvalue weighted by molar-refractivity contribution is 5.98. The summed E-state index contributed by atoms with van der Waals surface area (Å²) in [6, 6.07) is 0.256. The number of nitrogens with two attached hydrogens (primary N) is 1. The van der Waals surface area contributed by atoms with Gasteiger partial charge in [-0.25, -0.2) is 13.8 Å². The monoisotopic (exact) mass is 235 g/mol. The van der Waals surface area contributed by atoms with Gasteiger partial charge in [0.1, 0.15) is 11.3 Å². The molecular formula is C7H4F3N3O3. The van der Waals surface area contributed by atoms with Gasteiger partial charge < -0.3 is 5.73 Å². The third-order valence-corrected chi connectivity index (χ3v) is 1.65. The number of primary amides is 1. The molecule has 1 aromatic heterocycles. The number of halogens is 3. The van der Waals surface area contributed by atoms with E-state index in [-0.39, 0.29) is 6.07 Å². The van der Waals surface area contributed by atoms with Gasteiger partial charge in [-0.05, 0) is 0 Å². The van der Waals surface area contributed by atoms with Crippen LogP contribution in [0.15, 0.2) is 6.07 Å². The van der Waals surface area contributed by atoms with Crippen molar-refractivity contribution in [3.05, 3.63) is 33.4 Å². The molecule has 86 valence electrons. The van der Waals surface area contributed by atoms with Gasteiger partial charge in [0.05, 0.1) is 11.0 Å². The van der Waals surface area contributed by atoms with E-state index in [0.29, 0.717) is 0 Å². The summed E-state index contributed by atoms with van der Waals surface area (Å²) in [4.78, 5) is 22.7. The van der Waals surface area contributed by atoms with Gasteiger partial charge in [0.25, 0.3) is 18.0 Å². The molecule has 16 heavy (non-hydrogen) atoms. The first kappa shape index (κ1) is 11.9. The van der Waals surface area contributed by atoms with E-state index in [2.05, 4.69) is 4.98 Å². The molecule has 1 aromatic rings. The van der Waals surface area contributed by atoms with Crippen LogP contribution in [0, 0.1) is 16.1 Å². The molecule has 0 aliphatic heterocycles. The zero-order chi connectivity index (χ0) is 12.5. The first-order chi connectivity index (χ1) is 7.34. The second-order valence-electron chi connectivity index (χ2n) is 2.65. The van der Waals surface area contributed by atoms with Crippen LogP contribution in [-0.4, -0.2) is 15.8 Å². The number of hydrogen-bond donors (Lipinski definition) is 1. The fraction of sp³-hybridized carbons (Fsp3) is 0.143. The lowest BCUT2D eigenvalue weighted by atomic mass is 10.1. The molecule has 1 rings (SSSR count). The Labute approximate surface area is 86.0 Å². The van der Waals surface area contributed by atoms with Crippen molar-refractivity contribution in [3.63, 3.8) is 0 Å². The van der Waals surface area contributed by atoms with E-state index in [9.17, 15) is 28.1 Å². The number of nitro groups is 1. The fourth-order valence-corrected chi connectivity index (χ4v) is 1.07. The smallest absolute Gasteiger partial charge is 0.288 e. The van der Waals surface area contributed by atoms with Crippen LogP contribution in [0.3, 0.4) is 0 Å². The highest BCUT2D eigenvalue weighted by Crippen LogP contribution is 2.28. The summed E-state index contributed by atoms with van der Waals surface area (Å²) in [5.74, 6) is -2.94. The van der Waals surface area contributed by atoms with Crippen LogP contribution in [0.1, 0.15) is 22.5 Å². The van der Waals surface area contributed by atoms with Gasteiger partial charge in [-0.15, -0.1) is 0 Å². The Morgan fingerprint density at radius 3 is 2.50 bits per heavy atom. The van der Waals surface area contributed by atoms with Crippen LogP contribution in [0.2, 0.25) is 0 Å². The summed E-state index contributed by atoms with van der Waals surface area (Å²) in [6.45, 7) is 0. The van der Waals surface area contributed by atoms with Gasteiger partial charge in [0, 0.05) is 0 Å². The van der Waals surface area contributed by atoms with E-state index in [1.165, 1.54) is 0 Å². The number of rotatable bonds is 3. The van der Waals surface area contributed by atoms with E-state index in [0.717, 1.165) is 0 Å². The maximum atomic E-state index is 12.7. The molecule has 0 aliphatic rings. The molecule has 1 amide bonds. The van der Waals surface area contributed by atoms with Crippen LogP contribution in [-0.2, 0) is 0 Å². The van der Waals surface area contributed by atoms with Gasteiger partial charge in [0.2, 0.25) is 5.95 Å². The molecule has 6 nitrogen and oxygen atoms in total. The molecule has 0 aromatic carbocycles. The molecule has 0 aliphatic carbocycles. The molecule has 2 N–H and O–H groups in total. The molecule has 0 bridgehead atoms. The summed E-state index contributed by atoms with van der Waals surface area (Å²) >= 11 is 0. The van der Waals surface area contributed by atoms with Crippen LogP contribution in [0.25, 0.3) is 0 Å². The minimum absolute atomic E-state index is 0.256. The van der Waals surface area contributed by atoms with Crippen molar-refractivity contribution in [3.8, 4) is 0 Å². The largest absolute Gasteiger partial charge is 0.365 e. The zero-order valence-electron chi connectivity index (χ0n) is 7.49. The van der Waals surface area contributed by atoms with Crippen molar-refractivity contribution >= 4 is 11.6 Å². The quantitative estimate of drug-likeness (QED) is 0.482. The number of pyridine rings is 1. The topological polar surface area (TPSA) is 99.1 Å². The molecule has 0 saturated heterocycles. The Morgan fingerprint density at radius 2 is 2.12 bits per heavy atom. The molecule has 1 heterocycles. The maximum Gasteiger partial charge on any atom is 0.288 e. The van der Waals surface area contributed by atoms with E-state index in [1.807, 2.05) is 0 Å². The Hall–Kier alpha value is -2.19. The molecule has 9 heteroatoms. The van der Waals surface area contributed by atoms with Gasteiger partial charge in [-0.3, -0.25) is 14.9 Å². The summed E-state index contributed by atoms with van der Waals surface area (Å²) in [5, 5.41) is 10.4. The second-order valence-corrected chi connectivity index (χ2v) is 2.65. The van der Waals surface area contributed by atoms with Crippen molar-refractivity contribution in [2.45, 2.75) is 6.43 Å². The molecule has 0 fully saturated rings. The van der Waals surface area contributed by atoms with E-state index in [1.54, 1.807) is 0 Å².